The van der Waals surface area contributed by atoms with Crippen LogP contribution in [-0.2, 0) is 11.2 Å². The van der Waals surface area contributed by atoms with Crippen molar-refractivity contribution >= 4 is 33.7 Å². The van der Waals surface area contributed by atoms with Crippen molar-refractivity contribution in [2.24, 2.45) is 0 Å². The molecule has 0 saturated carbocycles. The van der Waals surface area contributed by atoms with Gasteiger partial charge in [0.15, 0.2) is 34.7 Å². The van der Waals surface area contributed by atoms with Crippen LogP contribution in [0.3, 0.4) is 0 Å². The second-order valence-electron chi connectivity index (χ2n) is 10.2. The fourth-order valence-corrected chi connectivity index (χ4v) is 5.38. The predicted octanol–water partition coefficient (Wildman–Crippen LogP) is 2.70. The average Bonchev–Trinajstić information content (AvgIpc) is 3.61. The number of benzene rings is 3. The first kappa shape index (κ1) is 28.3. The van der Waals surface area contributed by atoms with Crippen LogP contribution in [-0.4, -0.2) is 81.3 Å². The van der Waals surface area contributed by atoms with Crippen LogP contribution >= 0.6 is 0 Å². The molecule has 6 rings (SSSR count). The Morgan fingerprint density at radius 3 is 2.60 bits per heavy atom. The molecule has 1 aliphatic rings. The second-order valence-corrected chi connectivity index (χ2v) is 10.2. The highest BCUT2D eigenvalue weighted by atomic mass is 16.5. The zero-order valence-electron chi connectivity index (χ0n) is 23.7. The molecule has 12 heteroatoms. The Morgan fingerprint density at radius 2 is 1.81 bits per heavy atom. The number of imidazole rings is 1. The molecule has 43 heavy (non-hydrogen) atoms. The van der Waals surface area contributed by atoms with E-state index in [1.807, 2.05) is 48.5 Å². The zero-order chi connectivity index (χ0) is 29.9. The zero-order valence-corrected chi connectivity index (χ0v) is 23.7. The Bertz CT molecular complexity index is 1760. The molecule has 1 aliphatic heterocycles. The first-order valence-electron chi connectivity index (χ1n) is 13.9. The van der Waals surface area contributed by atoms with Gasteiger partial charge < -0.3 is 35.1 Å². The fourth-order valence-electron chi connectivity index (χ4n) is 5.38. The molecule has 3 aromatic carbocycles. The average molecular weight is 585 g/mol. The van der Waals surface area contributed by atoms with Gasteiger partial charge in [-0.25, -0.2) is 15.0 Å². The van der Waals surface area contributed by atoms with E-state index < -0.39 is 31.1 Å². The number of nitrogens with zero attached hydrogens (tertiary/aromatic N) is 4. The van der Waals surface area contributed by atoms with E-state index in [2.05, 4.69) is 25.6 Å². The summed E-state index contributed by atoms with van der Waals surface area (Å²) in [6, 6.07) is 18.0. The Hall–Kier alpha value is -4.78. The van der Waals surface area contributed by atoms with Crippen LogP contribution in [0.25, 0.3) is 21.9 Å². The van der Waals surface area contributed by atoms with Gasteiger partial charge >= 0.3 is 0 Å². The van der Waals surface area contributed by atoms with Crippen LogP contribution in [0.1, 0.15) is 22.1 Å². The third-order valence-electron chi connectivity index (χ3n) is 7.65. The summed E-state index contributed by atoms with van der Waals surface area (Å²) in [4.78, 5) is 26.6. The Labute approximate surface area is 247 Å². The van der Waals surface area contributed by atoms with Crippen LogP contribution in [0, 0.1) is 0 Å². The molecule has 1 fully saturated rings. The van der Waals surface area contributed by atoms with Crippen LogP contribution in [0.5, 0.6) is 11.5 Å². The monoisotopic (exact) mass is 584 g/mol. The van der Waals surface area contributed by atoms with Crippen molar-refractivity contribution in [1.29, 1.82) is 0 Å². The van der Waals surface area contributed by atoms with Crippen molar-refractivity contribution in [2.45, 2.75) is 30.9 Å². The van der Waals surface area contributed by atoms with Crippen molar-refractivity contribution in [3.63, 3.8) is 0 Å². The third-order valence-corrected chi connectivity index (χ3v) is 7.65. The van der Waals surface area contributed by atoms with E-state index in [9.17, 15) is 15.0 Å². The maximum Gasteiger partial charge on any atom is 0.251 e. The van der Waals surface area contributed by atoms with Gasteiger partial charge in [-0.1, -0.05) is 36.4 Å². The summed E-state index contributed by atoms with van der Waals surface area (Å²) < 4.78 is 18.4. The van der Waals surface area contributed by atoms with Gasteiger partial charge in [-0.2, -0.15) is 0 Å². The second kappa shape index (κ2) is 12.2. The van der Waals surface area contributed by atoms with Gasteiger partial charge in [0.1, 0.15) is 24.6 Å². The van der Waals surface area contributed by atoms with E-state index >= 15 is 0 Å². The van der Waals surface area contributed by atoms with Crippen LogP contribution in [0.15, 0.2) is 73.3 Å². The Balaban J connectivity index is 1.21. The van der Waals surface area contributed by atoms with Crippen molar-refractivity contribution in [2.75, 3.05) is 32.7 Å². The van der Waals surface area contributed by atoms with Crippen molar-refractivity contribution in [1.82, 2.24) is 24.8 Å². The number of aromatic nitrogens is 4. The first-order chi connectivity index (χ1) is 21.0. The summed E-state index contributed by atoms with van der Waals surface area (Å²) in [7, 11) is 3.20. The van der Waals surface area contributed by atoms with Gasteiger partial charge in [0, 0.05) is 12.1 Å². The van der Waals surface area contributed by atoms with Gasteiger partial charge in [0.2, 0.25) is 0 Å². The molecule has 3 heterocycles. The predicted molar refractivity (Wildman–Crippen MR) is 159 cm³/mol. The standard InChI is InChI=1S/C31H32N6O6/c1-41-22-10-7-18(13-23(22)42-2)11-12-32-28-26-29(34-16-33-28)37(17-35-26)31-25(27(39)24(15-38)43-31)36-30(40)21-9-8-19-5-3-4-6-20(19)14-21/h3-10,13-14,16-17,24-25,27,31,38-39H,11-12,15H2,1-2H3,(H,36,40)(H,32,33,34)/t24-,25-,27-,31-/m1/s1. The van der Waals surface area contributed by atoms with Crippen LogP contribution in [0.2, 0.25) is 0 Å². The molecular formula is C31H32N6O6. The fraction of sp³-hybridized carbons (Fsp3) is 0.290. The number of nitrogens with one attached hydrogen (secondary N) is 2. The minimum Gasteiger partial charge on any atom is -0.493 e. The summed E-state index contributed by atoms with van der Waals surface area (Å²) in [5.41, 5.74) is 2.44. The maximum atomic E-state index is 13.3. The molecule has 222 valence electrons. The minimum absolute atomic E-state index is 0.376. The highest BCUT2D eigenvalue weighted by molar-refractivity contribution is 5.98. The van der Waals surface area contributed by atoms with Gasteiger partial charge in [0.05, 0.1) is 27.2 Å². The molecule has 1 amide bonds. The quantitative estimate of drug-likeness (QED) is 0.193. The maximum absolute atomic E-state index is 13.3. The summed E-state index contributed by atoms with van der Waals surface area (Å²) in [5, 5.41) is 29.0. The van der Waals surface area contributed by atoms with Gasteiger partial charge in [-0.3, -0.25) is 9.36 Å². The number of methoxy groups -OCH3 is 2. The molecule has 4 atom stereocenters. The lowest BCUT2D eigenvalue weighted by atomic mass is 10.0. The number of carbonyl (C=O) groups excluding carboxylic acids is 1. The van der Waals surface area contributed by atoms with E-state index in [-0.39, 0.29) is 5.91 Å². The van der Waals surface area contributed by atoms with Crippen LogP contribution < -0.4 is 20.1 Å². The number of aliphatic hydroxyl groups excluding tert-OH is 2. The van der Waals surface area contributed by atoms with E-state index in [4.69, 9.17) is 14.2 Å². The van der Waals surface area contributed by atoms with Crippen molar-refractivity contribution in [3.8, 4) is 11.5 Å². The highest BCUT2D eigenvalue weighted by Gasteiger charge is 2.46. The lowest BCUT2D eigenvalue weighted by Crippen LogP contribution is -2.46. The number of aliphatic hydroxyl groups is 2. The molecule has 1 saturated heterocycles. The number of amides is 1. The minimum atomic E-state index is -1.17. The molecule has 5 aromatic rings. The van der Waals surface area contributed by atoms with Gasteiger partial charge in [0.25, 0.3) is 5.91 Å². The van der Waals surface area contributed by atoms with E-state index in [0.717, 1.165) is 16.3 Å². The highest BCUT2D eigenvalue weighted by Crippen LogP contribution is 2.33. The molecular weight excluding hydrogens is 552 g/mol. The lowest BCUT2D eigenvalue weighted by molar-refractivity contribution is -0.0440. The van der Waals surface area contributed by atoms with Crippen molar-refractivity contribution in [3.05, 3.63) is 84.4 Å². The molecule has 0 spiro atoms. The van der Waals surface area contributed by atoms with Crippen molar-refractivity contribution < 1.29 is 29.2 Å². The molecule has 0 unspecified atom stereocenters. The number of fused-ring (bicyclic) bond motifs is 2. The third kappa shape index (κ3) is 5.55. The van der Waals surface area contributed by atoms with E-state index in [1.54, 1.807) is 30.9 Å². The lowest BCUT2D eigenvalue weighted by Gasteiger charge is -2.23. The molecule has 4 N–H and O–H groups in total. The molecule has 0 aliphatic carbocycles. The van der Waals surface area contributed by atoms with E-state index in [1.165, 1.54) is 12.7 Å². The molecule has 0 bridgehead atoms. The summed E-state index contributed by atoms with van der Waals surface area (Å²) >= 11 is 0. The van der Waals surface area contributed by atoms with E-state index in [0.29, 0.717) is 47.0 Å². The molecule has 0 radical (unpaired) electrons. The number of hydrogen-bond donors (Lipinski definition) is 4. The summed E-state index contributed by atoms with van der Waals surface area (Å²) in [5.74, 6) is 1.47. The first-order valence-corrected chi connectivity index (χ1v) is 13.9. The van der Waals surface area contributed by atoms with Gasteiger partial charge in [-0.15, -0.1) is 0 Å². The summed E-state index contributed by atoms with van der Waals surface area (Å²) in [6.07, 6.45) is 0.673. The SMILES string of the molecule is COc1ccc(CCNc2ncnc3c2ncn3[C@@H]2O[C@H](CO)[C@@H](O)[C@H]2NC(=O)c2ccc3ccccc3c2)cc1OC. The Kier molecular flexibility index (Phi) is 8.05. The van der Waals surface area contributed by atoms with Gasteiger partial charge in [-0.05, 0) is 47.0 Å². The number of hydrogen-bond acceptors (Lipinski definition) is 10. The smallest absolute Gasteiger partial charge is 0.251 e. The number of carbonyl (C=O) groups is 1. The summed E-state index contributed by atoms with van der Waals surface area (Å²) in [6.45, 7) is 0.134. The number of rotatable bonds is 10. The topological polar surface area (TPSA) is 153 Å². The molecule has 12 nitrogen and oxygen atoms in total. The Morgan fingerprint density at radius 1 is 1.00 bits per heavy atom. The molecule has 2 aromatic heterocycles. The number of anilines is 1. The number of ether oxygens (including phenoxy) is 3. The van der Waals surface area contributed by atoms with Crippen LogP contribution in [0.4, 0.5) is 5.82 Å². The largest absolute Gasteiger partial charge is 0.493 e. The normalized spacial score (nSPS) is 19.9.